The van der Waals surface area contributed by atoms with Crippen LogP contribution in [0.2, 0.25) is 0 Å². The zero-order chi connectivity index (χ0) is 23.5. The van der Waals surface area contributed by atoms with Gasteiger partial charge in [0.2, 0.25) is 10.0 Å². The summed E-state index contributed by atoms with van der Waals surface area (Å²) in [7, 11) is -4.00. The maximum absolute atomic E-state index is 13.0. The Morgan fingerprint density at radius 1 is 0.941 bits per heavy atom. The average Bonchev–Trinajstić information content (AvgIpc) is 3.39. The number of hydrogen-bond acceptors (Lipinski definition) is 6. The predicted molar refractivity (Wildman–Crippen MR) is 135 cm³/mol. The van der Waals surface area contributed by atoms with Gasteiger partial charge in [0, 0.05) is 5.56 Å². The number of azo groups is 1. The molecule has 180 valence electrons. The van der Waals surface area contributed by atoms with Gasteiger partial charge >= 0.3 is 0 Å². The van der Waals surface area contributed by atoms with Gasteiger partial charge in [0.25, 0.3) is 0 Å². The van der Waals surface area contributed by atoms with Gasteiger partial charge in [-0.25, -0.2) is 18.5 Å². The van der Waals surface area contributed by atoms with Gasteiger partial charge in [-0.1, -0.05) is 68.5 Å². The van der Waals surface area contributed by atoms with E-state index >= 15 is 0 Å². The normalized spacial score (nSPS) is 20.0. The molecule has 0 atom stereocenters. The van der Waals surface area contributed by atoms with E-state index in [4.69, 9.17) is 5.14 Å². The summed E-state index contributed by atoms with van der Waals surface area (Å²) < 4.78 is 25.9. The summed E-state index contributed by atoms with van der Waals surface area (Å²) in [5, 5.41) is 17.4. The minimum absolute atomic E-state index is 0.164. The van der Waals surface area contributed by atoms with E-state index < -0.39 is 10.0 Å². The molecule has 2 aliphatic heterocycles. The van der Waals surface area contributed by atoms with Gasteiger partial charge in [0.05, 0.1) is 4.90 Å². The van der Waals surface area contributed by atoms with Crippen LogP contribution in [0.4, 0.5) is 0 Å². The van der Waals surface area contributed by atoms with E-state index in [1.54, 1.807) is 0 Å². The second-order valence-electron chi connectivity index (χ2n) is 9.74. The third-order valence-corrected chi connectivity index (χ3v) is 8.50. The molecule has 34 heavy (non-hydrogen) atoms. The van der Waals surface area contributed by atoms with Gasteiger partial charge in [0.15, 0.2) is 12.5 Å². The highest BCUT2D eigenvalue weighted by Crippen LogP contribution is 2.37. The molecule has 8 heteroatoms. The molecular weight excluding hydrogens is 446 g/mol. The summed E-state index contributed by atoms with van der Waals surface area (Å²) in [4.78, 5) is 4.57. The fourth-order valence-electron chi connectivity index (χ4n) is 5.72. The molecule has 2 fully saturated rings. The first-order valence-corrected chi connectivity index (χ1v) is 14.0. The Morgan fingerprint density at radius 2 is 1.68 bits per heavy atom. The number of rotatable bonds is 6. The molecule has 0 radical (unpaired) electrons. The molecular formula is C26H33N5O2S. The molecule has 2 aromatic rings. The van der Waals surface area contributed by atoms with E-state index in [9.17, 15) is 8.42 Å². The topological polar surface area (TPSA) is 109 Å². The SMILES string of the molecule is NS(=O)(=O)c1c(CC2CCCCC2)ccc(-c2ccc(C3CCNCC3)cc2)c1C1=NCN=N1. The first-order valence-electron chi connectivity index (χ1n) is 12.4. The van der Waals surface area contributed by atoms with E-state index in [0.29, 0.717) is 29.7 Å². The van der Waals surface area contributed by atoms with Crippen molar-refractivity contribution in [1.29, 1.82) is 0 Å². The van der Waals surface area contributed by atoms with Crippen molar-refractivity contribution < 1.29 is 8.42 Å². The number of aliphatic imine (C=N–C) groups is 1. The number of nitrogens with two attached hydrogens (primary N) is 1. The van der Waals surface area contributed by atoms with Crippen LogP contribution in [0.5, 0.6) is 0 Å². The van der Waals surface area contributed by atoms with Gasteiger partial charge in [0.1, 0.15) is 0 Å². The van der Waals surface area contributed by atoms with E-state index in [1.807, 2.05) is 12.1 Å². The third kappa shape index (κ3) is 4.99. The Kier molecular flexibility index (Phi) is 6.90. The standard InChI is InChI=1S/C26H33N5O2S/c27-34(32,33)25-22(16-18-4-2-1-3-5-18)10-11-23(24(25)26-29-17-30-31-26)21-8-6-19(7-9-21)20-12-14-28-15-13-20/h6-11,18,20,28H,1-5,12-17H2,(H2,27,32,33). The van der Waals surface area contributed by atoms with Crippen molar-refractivity contribution in [3.63, 3.8) is 0 Å². The number of primary sulfonamides is 1. The molecule has 1 aliphatic carbocycles. The van der Waals surface area contributed by atoms with Crippen molar-refractivity contribution in [2.24, 2.45) is 26.3 Å². The summed E-state index contributed by atoms with van der Waals surface area (Å²) in [5.41, 5.74) is 4.31. The minimum Gasteiger partial charge on any atom is -0.317 e. The van der Waals surface area contributed by atoms with Crippen LogP contribution in [0, 0.1) is 5.92 Å². The van der Waals surface area contributed by atoms with E-state index in [0.717, 1.165) is 55.5 Å². The quantitative estimate of drug-likeness (QED) is 0.623. The number of hydrogen-bond donors (Lipinski definition) is 2. The highest BCUT2D eigenvalue weighted by atomic mass is 32.2. The maximum atomic E-state index is 13.0. The van der Waals surface area contributed by atoms with Crippen LogP contribution in [0.15, 0.2) is 56.5 Å². The van der Waals surface area contributed by atoms with Gasteiger partial charge < -0.3 is 5.32 Å². The molecule has 1 saturated carbocycles. The molecule has 2 aromatic carbocycles. The molecule has 0 unspecified atom stereocenters. The summed E-state index contributed by atoms with van der Waals surface area (Å²) in [6.07, 6.45) is 8.88. The fourth-order valence-corrected chi connectivity index (χ4v) is 6.73. The molecule has 7 nitrogen and oxygen atoms in total. The van der Waals surface area contributed by atoms with Gasteiger partial charge in [-0.3, -0.25) is 0 Å². The largest absolute Gasteiger partial charge is 0.317 e. The second kappa shape index (κ2) is 10.1. The third-order valence-electron chi connectivity index (χ3n) is 7.46. The van der Waals surface area contributed by atoms with E-state index in [-0.39, 0.29) is 11.6 Å². The van der Waals surface area contributed by atoms with Gasteiger partial charge in [-0.05, 0) is 66.4 Å². The van der Waals surface area contributed by atoms with E-state index in [1.165, 1.54) is 24.8 Å². The Morgan fingerprint density at radius 3 is 2.32 bits per heavy atom. The number of piperidine rings is 1. The van der Waals surface area contributed by atoms with Crippen LogP contribution in [-0.2, 0) is 16.4 Å². The van der Waals surface area contributed by atoms with Gasteiger partial charge in [-0.2, -0.15) is 5.11 Å². The zero-order valence-corrected chi connectivity index (χ0v) is 20.4. The smallest absolute Gasteiger partial charge is 0.239 e. The van der Waals surface area contributed by atoms with E-state index in [2.05, 4.69) is 44.8 Å². The lowest BCUT2D eigenvalue weighted by Gasteiger charge is -2.24. The minimum atomic E-state index is -4.00. The lowest BCUT2D eigenvalue weighted by atomic mass is 9.83. The number of nitrogens with zero attached hydrogens (tertiary/aromatic N) is 3. The summed E-state index contributed by atoms with van der Waals surface area (Å²) >= 11 is 0. The molecule has 3 aliphatic rings. The zero-order valence-electron chi connectivity index (χ0n) is 19.5. The van der Waals surface area contributed by atoms with Crippen LogP contribution in [0.1, 0.15) is 67.6 Å². The summed E-state index contributed by atoms with van der Waals surface area (Å²) in [6, 6.07) is 12.4. The average molecular weight is 480 g/mol. The molecule has 0 amide bonds. The number of nitrogens with one attached hydrogen (secondary N) is 1. The molecule has 2 heterocycles. The number of benzene rings is 2. The Labute approximate surface area is 202 Å². The fraction of sp³-hybridized carbons (Fsp3) is 0.500. The Hall–Kier alpha value is -2.42. The predicted octanol–water partition coefficient (Wildman–Crippen LogP) is 4.76. The van der Waals surface area contributed by atoms with Crippen molar-refractivity contribution in [1.82, 2.24) is 5.32 Å². The molecule has 0 spiro atoms. The van der Waals surface area contributed by atoms with Crippen molar-refractivity contribution in [3.05, 3.63) is 53.1 Å². The Balaban J connectivity index is 1.59. The van der Waals surface area contributed by atoms with Crippen LogP contribution in [0.3, 0.4) is 0 Å². The molecule has 1 saturated heterocycles. The van der Waals surface area contributed by atoms with Crippen LogP contribution < -0.4 is 10.5 Å². The summed E-state index contributed by atoms with van der Waals surface area (Å²) in [5.74, 6) is 1.39. The molecule has 0 bridgehead atoms. The van der Waals surface area contributed by atoms with Crippen molar-refractivity contribution in [2.75, 3.05) is 19.8 Å². The lowest BCUT2D eigenvalue weighted by Crippen LogP contribution is -2.26. The maximum Gasteiger partial charge on any atom is 0.239 e. The lowest BCUT2D eigenvalue weighted by molar-refractivity contribution is 0.355. The monoisotopic (exact) mass is 479 g/mol. The molecule has 0 aromatic heterocycles. The first kappa shape index (κ1) is 23.3. The molecule has 3 N–H and O–H groups in total. The Bertz CT molecular complexity index is 1190. The highest BCUT2D eigenvalue weighted by molar-refractivity contribution is 7.89. The second-order valence-corrected chi connectivity index (χ2v) is 11.2. The number of sulfonamides is 1. The molecule has 5 rings (SSSR count). The van der Waals surface area contributed by atoms with Gasteiger partial charge in [-0.15, -0.1) is 5.11 Å². The first-order chi connectivity index (χ1) is 16.5. The van der Waals surface area contributed by atoms with Crippen molar-refractivity contribution in [2.45, 2.75) is 62.2 Å². The van der Waals surface area contributed by atoms with Crippen LogP contribution >= 0.6 is 0 Å². The van der Waals surface area contributed by atoms with Crippen LogP contribution in [0.25, 0.3) is 11.1 Å². The number of amidine groups is 1. The van der Waals surface area contributed by atoms with Crippen molar-refractivity contribution >= 4 is 15.9 Å². The van der Waals surface area contributed by atoms with Crippen molar-refractivity contribution in [3.8, 4) is 11.1 Å². The highest BCUT2D eigenvalue weighted by Gasteiger charge is 2.29. The van der Waals surface area contributed by atoms with Crippen LogP contribution in [-0.4, -0.2) is 34.0 Å². The summed E-state index contributed by atoms with van der Waals surface area (Å²) in [6.45, 7) is 2.30.